The van der Waals surface area contributed by atoms with Gasteiger partial charge in [-0.25, -0.2) is 4.39 Å². The summed E-state index contributed by atoms with van der Waals surface area (Å²) in [6, 6.07) is 4.39. The highest BCUT2D eigenvalue weighted by Gasteiger charge is 2.06. The van der Waals surface area contributed by atoms with E-state index in [4.69, 9.17) is 4.74 Å². The summed E-state index contributed by atoms with van der Waals surface area (Å²) in [5.74, 6) is -0.311. The summed E-state index contributed by atoms with van der Waals surface area (Å²) in [7, 11) is 0. The topological polar surface area (TPSA) is 41.5 Å². The van der Waals surface area contributed by atoms with Crippen molar-refractivity contribution < 1.29 is 14.2 Å². The lowest BCUT2D eigenvalue weighted by Crippen LogP contribution is -2.25. The lowest BCUT2D eigenvalue weighted by Gasteiger charge is -2.14. The molecule has 0 saturated carbocycles. The number of nitrogens with one attached hydrogen (secondary N) is 1. The zero-order chi connectivity index (χ0) is 13.4. The van der Waals surface area contributed by atoms with E-state index < -0.39 is 6.10 Å². The Hall–Kier alpha value is -0.650. The van der Waals surface area contributed by atoms with Crippen LogP contribution in [0.2, 0.25) is 0 Å². The second kappa shape index (κ2) is 8.45. The van der Waals surface area contributed by atoms with Crippen LogP contribution in [0.15, 0.2) is 22.7 Å². The van der Waals surface area contributed by atoms with Crippen molar-refractivity contribution in [2.45, 2.75) is 25.9 Å². The first-order valence-electron chi connectivity index (χ1n) is 6.08. The number of halogens is 2. The van der Waals surface area contributed by atoms with Gasteiger partial charge in [0, 0.05) is 17.6 Å². The van der Waals surface area contributed by atoms with Gasteiger partial charge in [0.25, 0.3) is 0 Å². The molecule has 1 rings (SSSR count). The first-order chi connectivity index (χ1) is 8.63. The van der Waals surface area contributed by atoms with Gasteiger partial charge in [0.05, 0.1) is 18.4 Å². The summed E-state index contributed by atoms with van der Waals surface area (Å²) >= 11 is 3.31. The third kappa shape index (κ3) is 5.80. The Morgan fingerprint density at radius 2 is 2.28 bits per heavy atom. The maximum atomic E-state index is 13.0. The van der Waals surface area contributed by atoms with Crippen molar-refractivity contribution in [2.75, 3.05) is 25.1 Å². The molecule has 1 aromatic carbocycles. The van der Waals surface area contributed by atoms with E-state index in [2.05, 4.69) is 28.2 Å². The molecule has 0 radical (unpaired) electrons. The molecule has 0 saturated heterocycles. The minimum absolute atomic E-state index is 0.292. The fraction of sp³-hybridized carbons (Fsp3) is 0.538. The highest BCUT2D eigenvalue weighted by Crippen LogP contribution is 2.22. The van der Waals surface area contributed by atoms with Gasteiger partial charge in [-0.05, 0) is 40.5 Å². The fourth-order valence-corrected chi connectivity index (χ4v) is 1.77. The van der Waals surface area contributed by atoms with Crippen molar-refractivity contribution in [2.24, 2.45) is 0 Å². The molecule has 0 amide bonds. The molecule has 102 valence electrons. The number of aliphatic hydroxyl groups is 1. The number of anilines is 1. The summed E-state index contributed by atoms with van der Waals surface area (Å²) in [4.78, 5) is 0. The van der Waals surface area contributed by atoms with E-state index in [-0.39, 0.29) is 5.82 Å². The Balaban J connectivity index is 2.29. The number of unbranched alkanes of at least 4 members (excludes halogenated alkanes) is 1. The minimum Gasteiger partial charge on any atom is -0.389 e. The maximum absolute atomic E-state index is 13.0. The second-order valence-corrected chi connectivity index (χ2v) is 4.94. The molecule has 0 aliphatic rings. The fourth-order valence-electron chi connectivity index (χ4n) is 1.39. The monoisotopic (exact) mass is 319 g/mol. The number of aliphatic hydroxyl groups excluding tert-OH is 1. The Morgan fingerprint density at radius 3 is 3.00 bits per heavy atom. The Morgan fingerprint density at radius 1 is 1.50 bits per heavy atom. The van der Waals surface area contributed by atoms with Gasteiger partial charge in [-0.3, -0.25) is 0 Å². The lowest BCUT2D eigenvalue weighted by atomic mass is 10.3. The molecule has 1 atom stereocenters. The predicted molar refractivity (Wildman–Crippen MR) is 74.3 cm³/mol. The van der Waals surface area contributed by atoms with Crippen LogP contribution in [0.1, 0.15) is 19.8 Å². The molecule has 0 heterocycles. The SMILES string of the molecule is CCCCOCC(O)CNc1cc(F)ccc1Br. The largest absolute Gasteiger partial charge is 0.389 e. The van der Waals surface area contributed by atoms with E-state index in [0.717, 1.165) is 17.3 Å². The zero-order valence-electron chi connectivity index (χ0n) is 10.5. The van der Waals surface area contributed by atoms with E-state index in [1.807, 2.05) is 0 Å². The summed E-state index contributed by atoms with van der Waals surface area (Å²) in [5, 5.41) is 12.7. The van der Waals surface area contributed by atoms with Crippen LogP contribution >= 0.6 is 15.9 Å². The number of hydrogen-bond donors (Lipinski definition) is 2. The van der Waals surface area contributed by atoms with E-state index in [9.17, 15) is 9.50 Å². The molecular weight excluding hydrogens is 301 g/mol. The molecule has 0 aliphatic carbocycles. The summed E-state index contributed by atoms with van der Waals surface area (Å²) in [6.07, 6.45) is 1.47. The van der Waals surface area contributed by atoms with Crippen LogP contribution in [0.5, 0.6) is 0 Å². The first kappa shape index (κ1) is 15.4. The van der Waals surface area contributed by atoms with E-state index in [1.54, 1.807) is 6.07 Å². The molecule has 2 N–H and O–H groups in total. The zero-order valence-corrected chi connectivity index (χ0v) is 12.0. The molecule has 3 nitrogen and oxygen atoms in total. The summed E-state index contributed by atoms with van der Waals surface area (Å²) < 4.78 is 19.1. The van der Waals surface area contributed by atoms with Crippen LogP contribution in [-0.2, 0) is 4.74 Å². The maximum Gasteiger partial charge on any atom is 0.125 e. The predicted octanol–water partition coefficient (Wildman–Crippen LogP) is 3.18. The van der Waals surface area contributed by atoms with Crippen LogP contribution < -0.4 is 5.32 Å². The smallest absolute Gasteiger partial charge is 0.125 e. The Bertz CT molecular complexity index is 363. The van der Waals surface area contributed by atoms with Gasteiger partial charge >= 0.3 is 0 Å². The quantitative estimate of drug-likeness (QED) is 0.723. The number of rotatable bonds is 8. The van der Waals surface area contributed by atoms with E-state index in [1.165, 1.54) is 12.1 Å². The average molecular weight is 320 g/mol. The third-order valence-electron chi connectivity index (χ3n) is 2.41. The molecule has 0 fully saturated rings. The van der Waals surface area contributed by atoms with Gasteiger partial charge in [0.2, 0.25) is 0 Å². The van der Waals surface area contributed by atoms with Gasteiger partial charge in [0.15, 0.2) is 0 Å². The third-order valence-corrected chi connectivity index (χ3v) is 3.10. The van der Waals surface area contributed by atoms with Crippen molar-refractivity contribution in [3.8, 4) is 0 Å². The second-order valence-electron chi connectivity index (χ2n) is 4.09. The van der Waals surface area contributed by atoms with Crippen LogP contribution in [0.4, 0.5) is 10.1 Å². The van der Waals surface area contributed by atoms with Gasteiger partial charge in [-0.2, -0.15) is 0 Å². The van der Waals surface area contributed by atoms with Crippen LogP contribution in [0, 0.1) is 5.82 Å². The Kier molecular flexibility index (Phi) is 7.23. The highest BCUT2D eigenvalue weighted by molar-refractivity contribution is 9.10. The van der Waals surface area contributed by atoms with Crippen molar-refractivity contribution in [3.05, 3.63) is 28.5 Å². The van der Waals surface area contributed by atoms with Crippen LogP contribution in [-0.4, -0.2) is 31.0 Å². The molecule has 0 aromatic heterocycles. The van der Waals surface area contributed by atoms with Gasteiger partial charge in [0.1, 0.15) is 5.82 Å². The van der Waals surface area contributed by atoms with Crippen molar-refractivity contribution >= 4 is 21.6 Å². The average Bonchev–Trinajstić information content (AvgIpc) is 2.36. The number of hydrogen-bond acceptors (Lipinski definition) is 3. The van der Waals surface area contributed by atoms with Gasteiger partial charge in [-0.1, -0.05) is 13.3 Å². The number of ether oxygens (including phenoxy) is 1. The lowest BCUT2D eigenvalue weighted by molar-refractivity contribution is 0.0421. The standard InChI is InChI=1S/C13H19BrFNO2/c1-2-3-6-18-9-11(17)8-16-13-7-10(15)4-5-12(13)14/h4-5,7,11,16-17H,2-3,6,8-9H2,1H3. The molecule has 0 aliphatic heterocycles. The van der Waals surface area contributed by atoms with Gasteiger partial charge < -0.3 is 15.2 Å². The molecule has 1 unspecified atom stereocenters. The summed E-state index contributed by atoms with van der Waals surface area (Å²) in [6.45, 7) is 3.37. The van der Waals surface area contributed by atoms with Crippen LogP contribution in [0.25, 0.3) is 0 Å². The minimum atomic E-state index is -0.600. The van der Waals surface area contributed by atoms with Crippen molar-refractivity contribution in [1.82, 2.24) is 0 Å². The van der Waals surface area contributed by atoms with Crippen LogP contribution in [0.3, 0.4) is 0 Å². The normalized spacial score (nSPS) is 12.4. The summed E-state index contributed by atoms with van der Waals surface area (Å²) in [5.41, 5.74) is 0.627. The van der Waals surface area contributed by atoms with E-state index in [0.29, 0.717) is 25.4 Å². The molecule has 0 bridgehead atoms. The molecular formula is C13H19BrFNO2. The van der Waals surface area contributed by atoms with E-state index >= 15 is 0 Å². The first-order valence-corrected chi connectivity index (χ1v) is 6.87. The molecule has 18 heavy (non-hydrogen) atoms. The van der Waals surface area contributed by atoms with Crippen molar-refractivity contribution in [3.63, 3.8) is 0 Å². The van der Waals surface area contributed by atoms with Gasteiger partial charge in [-0.15, -0.1) is 0 Å². The molecule has 1 aromatic rings. The Labute approximate surface area is 115 Å². The molecule has 0 spiro atoms. The van der Waals surface area contributed by atoms with Crippen molar-refractivity contribution in [1.29, 1.82) is 0 Å². The molecule has 5 heteroatoms. The number of benzene rings is 1. The highest BCUT2D eigenvalue weighted by atomic mass is 79.9.